The van der Waals surface area contributed by atoms with Gasteiger partial charge in [0.25, 0.3) is 5.91 Å². The van der Waals surface area contributed by atoms with Crippen molar-refractivity contribution >= 4 is 18.5 Å². The summed E-state index contributed by atoms with van der Waals surface area (Å²) in [6.07, 6.45) is 0. The van der Waals surface area contributed by atoms with Crippen LogP contribution in [0.3, 0.4) is 0 Å². The summed E-state index contributed by atoms with van der Waals surface area (Å²) in [4.78, 5) is 17.0. The maximum Gasteiger partial charge on any atom is 0.494 e. The van der Waals surface area contributed by atoms with Crippen LogP contribution in [0.4, 0.5) is 0 Å². The monoisotopic (exact) mass is 344 g/mol. The van der Waals surface area contributed by atoms with Crippen LogP contribution < -0.4 is 5.46 Å². The van der Waals surface area contributed by atoms with Gasteiger partial charge in [-0.05, 0) is 58.8 Å². The lowest BCUT2D eigenvalue weighted by Gasteiger charge is -2.32. The fraction of sp³-hybridized carbons (Fsp3) is 0.632. The van der Waals surface area contributed by atoms with E-state index in [1.54, 1.807) is 0 Å². The van der Waals surface area contributed by atoms with E-state index < -0.39 is 7.12 Å². The van der Waals surface area contributed by atoms with E-state index in [0.29, 0.717) is 0 Å². The second-order valence-corrected chi connectivity index (χ2v) is 8.26. The van der Waals surface area contributed by atoms with Gasteiger partial charge in [0.15, 0.2) is 0 Å². The Kier molecular flexibility index (Phi) is 4.73. The van der Waals surface area contributed by atoms with E-state index in [1.165, 1.54) is 0 Å². The molecule has 6 heteroatoms. The van der Waals surface area contributed by atoms with Crippen LogP contribution in [0.1, 0.15) is 43.6 Å². The molecule has 2 aliphatic heterocycles. The summed E-state index contributed by atoms with van der Waals surface area (Å²) >= 11 is 0. The molecule has 0 aromatic heterocycles. The number of carbonyl (C=O) groups excluding carboxylic acids is 1. The van der Waals surface area contributed by atoms with Gasteiger partial charge < -0.3 is 19.1 Å². The molecule has 1 aromatic rings. The fourth-order valence-corrected chi connectivity index (χ4v) is 3.23. The number of rotatable bonds is 2. The molecule has 0 bridgehead atoms. The van der Waals surface area contributed by atoms with E-state index in [1.807, 2.05) is 57.7 Å². The van der Waals surface area contributed by atoms with Gasteiger partial charge in [0.1, 0.15) is 0 Å². The Morgan fingerprint density at radius 1 is 1.04 bits per heavy atom. The van der Waals surface area contributed by atoms with Gasteiger partial charge in [-0.25, -0.2) is 0 Å². The molecule has 0 aliphatic carbocycles. The molecule has 0 radical (unpaired) electrons. The highest BCUT2D eigenvalue weighted by Crippen LogP contribution is 2.36. The van der Waals surface area contributed by atoms with Crippen molar-refractivity contribution in [3.63, 3.8) is 0 Å². The highest BCUT2D eigenvalue weighted by Gasteiger charge is 2.51. The summed E-state index contributed by atoms with van der Waals surface area (Å²) in [5.41, 5.74) is 1.98. The first kappa shape index (κ1) is 18.4. The van der Waals surface area contributed by atoms with Crippen molar-refractivity contribution in [1.29, 1.82) is 0 Å². The fourth-order valence-electron chi connectivity index (χ4n) is 3.23. The molecule has 5 nitrogen and oxygen atoms in total. The van der Waals surface area contributed by atoms with Gasteiger partial charge in [0.05, 0.1) is 11.2 Å². The number of benzene rings is 1. The molecule has 136 valence electrons. The Morgan fingerprint density at radius 3 is 2.12 bits per heavy atom. The Morgan fingerprint density at radius 2 is 1.60 bits per heavy atom. The number of amides is 1. The molecule has 0 N–H and O–H groups in total. The van der Waals surface area contributed by atoms with Crippen LogP contribution in [0.25, 0.3) is 0 Å². The zero-order valence-electron chi connectivity index (χ0n) is 16.3. The largest absolute Gasteiger partial charge is 0.494 e. The topological polar surface area (TPSA) is 42.0 Å². The first-order valence-corrected chi connectivity index (χ1v) is 9.05. The number of aryl methyl sites for hydroxylation is 1. The van der Waals surface area contributed by atoms with Crippen LogP contribution in [0, 0.1) is 6.92 Å². The number of carbonyl (C=O) groups is 1. The molecule has 0 atom stereocenters. The Hall–Kier alpha value is -1.37. The number of likely N-dealkylation sites (N-methyl/N-ethyl adjacent to an activating group) is 1. The molecule has 0 saturated carbocycles. The Bertz CT molecular complexity index is 651. The molecule has 0 spiro atoms. The van der Waals surface area contributed by atoms with Gasteiger partial charge in [-0.1, -0.05) is 12.1 Å². The van der Waals surface area contributed by atoms with Crippen LogP contribution >= 0.6 is 0 Å². The molecule has 2 heterocycles. The highest BCUT2D eigenvalue weighted by atomic mass is 16.7. The van der Waals surface area contributed by atoms with Gasteiger partial charge in [-0.3, -0.25) is 4.79 Å². The smallest absolute Gasteiger partial charge is 0.399 e. The van der Waals surface area contributed by atoms with Gasteiger partial charge in [-0.15, -0.1) is 0 Å². The predicted octanol–water partition coefficient (Wildman–Crippen LogP) is 1.68. The lowest BCUT2D eigenvalue weighted by atomic mass is 9.78. The molecule has 2 fully saturated rings. The number of piperazine rings is 1. The standard InChI is InChI=1S/C19H29BN2O3/c1-14-13-15(20-24-18(2,3)19(4,5)25-20)7-8-16(14)17(23)22-11-9-21(6)10-12-22/h7-8,13H,9-12H2,1-6H3. The second kappa shape index (κ2) is 6.42. The van der Waals surface area contributed by atoms with Crippen molar-refractivity contribution in [3.8, 4) is 0 Å². The molecular formula is C19H29BN2O3. The van der Waals surface area contributed by atoms with Gasteiger partial charge in [0.2, 0.25) is 0 Å². The lowest BCUT2D eigenvalue weighted by molar-refractivity contribution is 0.00578. The summed E-state index contributed by atoms with van der Waals surface area (Å²) in [6, 6.07) is 5.89. The van der Waals surface area contributed by atoms with Gasteiger partial charge in [-0.2, -0.15) is 0 Å². The van der Waals surface area contributed by atoms with E-state index >= 15 is 0 Å². The molecule has 2 saturated heterocycles. The van der Waals surface area contributed by atoms with Gasteiger partial charge in [0, 0.05) is 31.7 Å². The number of hydrogen-bond donors (Lipinski definition) is 0. The Balaban J connectivity index is 1.77. The maximum atomic E-state index is 12.8. The molecule has 1 aromatic carbocycles. The summed E-state index contributed by atoms with van der Waals surface area (Å²) in [5.74, 6) is 0.117. The first-order chi connectivity index (χ1) is 11.6. The minimum atomic E-state index is -0.392. The van der Waals surface area contributed by atoms with Crippen LogP contribution in [0.5, 0.6) is 0 Å². The van der Waals surface area contributed by atoms with Crippen LogP contribution in [0.15, 0.2) is 18.2 Å². The highest BCUT2D eigenvalue weighted by molar-refractivity contribution is 6.62. The zero-order valence-corrected chi connectivity index (χ0v) is 16.3. The van der Waals surface area contributed by atoms with Crippen molar-refractivity contribution < 1.29 is 14.1 Å². The van der Waals surface area contributed by atoms with E-state index in [9.17, 15) is 4.79 Å². The zero-order chi connectivity index (χ0) is 18.4. The third-order valence-corrected chi connectivity index (χ3v) is 5.80. The third kappa shape index (κ3) is 3.48. The quantitative estimate of drug-likeness (QED) is 0.766. The van der Waals surface area contributed by atoms with E-state index in [2.05, 4.69) is 11.9 Å². The summed E-state index contributed by atoms with van der Waals surface area (Å²) in [5, 5.41) is 0. The Labute approximate surface area is 151 Å². The second-order valence-electron chi connectivity index (χ2n) is 8.26. The summed E-state index contributed by atoms with van der Waals surface area (Å²) in [7, 11) is 1.70. The molecule has 25 heavy (non-hydrogen) atoms. The van der Waals surface area contributed by atoms with E-state index in [0.717, 1.165) is 42.8 Å². The molecule has 3 rings (SSSR count). The summed E-state index contributed by atoms with van der Waals surface area (Å²) < 4.78 is 12.2. The average Bonchev–Trinajstić information content (AvgIpc) is 2.75. The molecular weight excluding hydrogens is 315 g/mol. The number of hydrogen-bond acceptors (Lipinski definition) is 4. The molecule has 2 aliphatic rings. The minimum Gasteiger partial charge on any atom is -0.399 e. The van der Waals surface area contributed by atoms with Crippen molar-refractivity contribution in [1.82, 2.24) is 9.80 Å². The van der Waals surface area contributed by atoms with E-state index in [-0.39, 0.29) is 17.1 Å². The number of nitrogens with zero attached hydrogens (tertiary/aromatic N) is 2. The van der Waals surface area contributed by atoms with Crippen LogP contribution in [-0.4, -0.2) is 67.3 Å². The normalized spacial score (nSPS) is 23.1. The summed E-state index contributed by atoms with van der Waals surface area (Å²) in [6.45, 7) is 13.6. The third-order valence-electron chi connectivity index (χ3n) is 5.80. The lowest BCUT2D eigenvalue weighted by Crippen LogP contribution is -2.47. The molecule has 1 amide bonds. The predicted molar refractivity (Wildman–Crippen MR) is 100 cm³/mol. The van der Waals surface area contributed by atoms with E-state index in [4.69, 9.17) is 9.31 Å². The molecule has 0 unspecified atom stereocenters. The minimum absolute atomic E-state index is 0.117. The SMILES string of the molecule is Cc1cc(B2OC(C)(C)C(C)(C)O2)ccc1C(=O)N1CCN(C)CC1. The van der Waals surface area contributed by atoms with Crippen molar-refractivity contribution in [2.24, 2.45) is 0 Å². The maximum absolute atomic E-state index is 12.8. The van der Waals surface area contributed by atoms with Crippen LogP contribution in [0.2, 0.25) is 0 Å². The van der Waals surface area contributed by atoms with Crippen molar-refractivity contribution in [2.45, 2.75) is 45.8 Å². The van der Waals surface area contributed by atoms with Crippen LogP contribution in [-0.2, 0) is 9.31 Å². The van der Waals surface area contributed by atoms with Crippen molar-refractivity contribution in [3.05, 3.63) is 29.3 Å². The van der Waals surface area contributed by atoms with Crippen molar-refractivity contribution in [2.75, 3.05) is 33.2 Å². The van der Waals surface area contributed by atoms with Gasteiger partial charge >= 0.3 is 7.12 Å². The first-order valence-electron chi connectivity index (χ1n) is 9.05. The average molecular weight is 344 g/mol.